The van der Waals surface area contributed by atoms with Crippen molar-refractivity contribution in [1.82, 2.24) is 15.3 Å². The quantitative estimate of drug-likeness (QED) is 0.860. The molecule has 0 aliphatic rings. The summed E-state index contributed by atoms with van der Waals surface area (Å²) in [5, 5.41) is 6.63. The van der Waals surface area contributed by atoms with Gasteiger partial charge < -0.3 is 10.6 Å². The Labute approximate surface area is 103 Å². The number of aromatic nitrogens is 2. The van der Waals surface area contributed by atoms with E-state index in [1.165, 1.54) is 11.3 Å². The van der Waals surface area contributed by atoms with Gasteiger partial charge in [0, 0.05) is 36.1 Å². The van der Waals surface area contributed by atoms with Crippen molar-refractivity contribution < 1.29 is 4.79 Å². The molecule has 0 saturated heterocycles. The number of hydrogen-bond donors (Lipinski definition) is 2. The minimum Gasteiger partial charge on any atom is -0.365 e. The van der Waals surface area contributed by atoms with Crippen LogP contribution in [-0.4, -0.2) is 22.9 Å². The van der Waals surface area contributed by atoms with Gasteiger partial charge in [0.1, 0.15) is 0 Å². The van der Waals surface area contributed by atoms with Crippen molar-refractivity contribution in [3.05, 3.63) is 41.2 Å². The van der Waals surface area contributed by atoms with Crippen LogP contribution in [0.25, 0.3) is 0 Å². The number of amides is 1. The van der Waals surface area contributed by atoms with Crippen molar-refractivity contribution in [3.63, 3.8) is 0 Å². The highest BCUT2D eigenvalue weighted by atomic mass is 32.1. The normalized spacial score (nSPS) is 9.94. The molecule has 5 nitrogen and oxygen atoms in total. The van der Waals surface area contributed by atoms with Crippen LogP contribution in [0.5, 0.6) is 0 Å². The van der Waals surface area contributed by atoms with Gasteiger partial charge >= 0.3 is 0 Å². The molecule has 0 saturated carbocycles. The van der Waals surface area contributed by atoms with Gasteiger partial charge in [-0.15, -0.1) is 11.3 Å². The smallest absolute Gasteiger partial charge is 0.251 e. The third kappa shape index (κ3) is 3.01. The molecule has 0 aliphatic carbocycles. The first-order chi connectivity index (χ1) is 8.29. The van der Waals surface area contributed by atoms with E-state index in [0.29, 0.717) is 12.1 Å². The zero-order chi connectivity index (χ0) is 12.1. The molecule has 88 valence electrons. The van der Waals surface area contributed by atoms with Crippen molar-refractivity contribution in [1.29, 1.82) is 0 Å². The van der Waals surface area contributed by atoms with Gasteiger partial charge in [0.05, 0.1) is 6.54 Å². The first kappa shape index (κ1) is 11.5. The first-order valence-corrected chi connectivity index (χ1v) is 5.92. The molecule has 0 aliphatic heterocycles. The van der Waals surface area contributed by atoms with Crippen LogP contribution < -0.4 is 10.6 Å². The third-order valence-corrected chi connectivity index (χ3v) is 3.15. The van der Waals surface area contributed by atoms with E-state index in [-0.39, 0.29) is 5.91 Å². The zero-order valence-electron chi connectivity index (χ0n) is 9.30. The van der Waals surface area contributed by atoms with Crippen LogP contribution in [0.3, 0.4) is 0 Å². The number of nitrogens with zero attached hydrogens (tertiary/aromatic N) is 2. The predicted octanol–water partition coefficient (Wildman–Crippen LogP) is 1.51. The standard InChI is InChI=1S/C11H12N4OS/c1-12-11-15-7-9(17-11)6-14-10(16)8-2-4-13-5-3-8/h2-5,7H,6H2,1H3,(H,12,15)(H,14,16). The lowest BCUT2D eigenvalue weighted by atomic mass is 10.2. The molecule has 0 unspecified atom stereocenters. The molecule has 0 spiro atoms. The van der Waals surface area contributed by atoms with Crippen molar-refractivity contribution in [3.8, 4) is 0 Å². The van der Waals surface area contributed by atoms with Gasteiger partial charge in [0.2, 0.25) is 0 Å². The molecule has 2 aromatic heterocycles. The molecule has 0 radical (unpaired) electrons. The van der Waals surface area contributed by atoms with Crippen LogP contribution in [0.4, 0.5) is 5.13 Å². The number of hydrogen-bond acceptors (Lipinski definition) is 5. The highest BCUT2D eigenvalue weighted by molar-refractivity contribution is 7.15. The minimum absolute atomic E-state index is 0.105. The molecular weight excluding hydrogens is 236 g/mol. The van der Waals surface area contributed by atoms with Crippen molar-refractivity contribution in [2.75, 3.05) is 12.4 Å². The lowest BCUT2D eigenvalue weighted by molar-refractivity contribution is 0.0951. The summed E-state index contributed by atoms with van der Waals surface area (Å²) in [7, 11) is 1.82. The Hall–Kier alpha value is -1.95. The van der Waals surface area contributed by atoms with Crippen LogP contribution in [-0.2, 0) is 6.54 Å². The Bertz CT molecular complexity index is 497. The summed E-state index contributed by atoms with van der Waals surface area (Å²) in [5.41, 5.74) is 0.610. The Balaban J connectivity index is 1.92. The zero-order valence-corrected chi connectivity index (χ0v) is 10.1. The number of pyridine rings is 1. The van der Waals surface area contributed by atoms with E-state index in [9.17, 15) is 4.79 Å². The number of carbonyl (C=O) groups excluding carboxylic acids is 1. The second-order valence-electron chi connectivity index (χ2n) is 3.30. The summed E-state index contributed by atoms with van der Waals surface area (Å²) >= 11 is 1.52. The van der Waals surface area contributed by atoms with E-state index in [2.05, 4.69) is 20.6 Å². The lowest BCUT2D eigenvalue weighted by Gasteiger charge is -2.02. The van der Waals surface area contributed by atoms with Crippen LogP contribution >= 0.6 is 11.3 Å². The molecule has 0 aromatic carbocycles. The van der Waals surface area contributed by atoms with Crippen LogP contribution in [0, 0.1) is 0 Å². The Morgan fingerprint density at radius 1 is 1.41 bits per heavy atom. The van der Waals surface area contributed by atoms with Crippen molar-refractivity contribution >= 4 is 22.4 Å². The van der Waals surface area contributed by atoms with E-state index in [4.69, 9.17) is 0 Å². The molecule has 0 atom stereocenters. The Morgan fingerprint density at radius 3 is 2.82 bits per heavy atom. The van der Waals surface area contributed by atoms with Crippen molar-refractivity contribution in [2.24, 2.45) is 0 Å². The van der Waals surface area contributed by atoms with Gasteiger partial charge in [-0.2, -0.15) is 0 Å². The summed E-state index contributed by atoms with van der Waals surface area (Å²) in [5.74, 6) is -0.105. The van der Waals surface area contributed by atoms with Gasteiger partial charge in [-0.1, -0.05) is 0 Å². The highest BCUT2D eigenvalue weighted by Crippen LogP contribution is 2.16. The molecule has 17 heavy (non-hydrogen) atoms. The molecule has 2 aromatic rings. The average Bonchev–Trinajstić information content (AvgIpc) is 2.85. The second kappa shape index (κ2) is 5.40. The first-order valence-electron chi connectivity index (χ1n) is 5.10. The fraction of sp³-hybridized carbons (Fsp3) is 0.182. The summed E-state index contributed by atoms with van der Waals surface area (Å²) in [4.78, 5) is 20.7. The summed E-state index contributed by atoms with van der Waals surface area (Å²) in [6.07, 6.45) is 4.95. The fourth-order valence-electron chi connectivity index (χ4n) is 1.28. The van der Waals surface area contributed by atoms with E-state index in [1.54, 1.807) is 30.7 Å². The third-order valence-electron chi connectivity index (χ3n) is 2.13. The number of carbonyl (C=O) groups is 1. The molecule has 0 fully saturated rings. The van der Waals surface area contributed by atoms with E-state index >= 15 is 0 Å². The largest absolute Gasteiger partial charge is 0.365 e. The topological polar surface area (TPSA) is 66.9 Å². The number of nitrogens with one attached hydrogen (secondary N) is 2. The van der Waals surface area contributed by atoms with Crippen LogP contribution in [0.2, 0.25) is 0 Å². The molecule has 0 bridgehead atoms. The molecule has 2 rings (SSSR count). The monoisotopic (exact) mass is 248 g/mol. The second-order valence-corrected chi connectivity index (χ2v) is 4.42. The number of rotatable bonds is 4. The van der Waals surface area contributed by atoms with Gasteiger partial charge in [-0.3, -0.25) is 9.78 Å². The lowest BCUT2D eigenvalue weighted by Crippen LogP contribution is -2.22. The number of anilines is 1. The maximum absolute atomic E-state index is 11.7. The SMILES string of the molecule is CNc1ncc(CNC(=O)c2ccncc2)s1. The molecule has 6 heteroatoms. The van der Waals surface area contributed by atoms with E-state index in [1.807, 2.05) is 7.05 Å². The summed E-state index contributed by atoms with van der Waals surface area (Å²) < 4.78 is 0. The average molecular weight is 248 g/mol. The summed E-state index contributed by atoms with van der Waals surface area (Å²) in [6.45, 7) is 0.487. The Morgan fingerprint density at radius 2 is 2.18 bits per heavy atom. The predicted molar refractivity (Wildman–Crippen MR) is 67.1 cm³/mol. The molecule has 2 heterocycles. The van der Waals surface area contributed by atoms with E-state index < -0.39 is 0 Å². The molecular formula is C11H12N4OS. The Kier molecular flexibility index (Phi) is 3.66. The molecule has 1 amide bonds. The molecule has 2 N–H and O–H groups in total. The number of thiazole rings is 1. The van der Waals surface area contributed by atoms with E-state index in [0.717, 1.165) is 10.0 Å². The van der Waals surface area contributed by atoms with Gasteiger partial charge in [-0.05, 0) is 12.1 Å². The van der Waals surface area contributed by atoms with Gasteiger partial charge in [-0.25, -0.2) is 4.98 Å². The summed E-state index contributed by atoms with van der Waals surface area (Å²) in [6, 6.07) is 3.36. The highest BCUT2D eigenvalue weighted by Gasteiger charge is 2.05. The van der Waals surface area contributed by atoms with Gasteiger partial charge in [0.25, 0.3) is 5.91 Å². The minimum atomic E-state index is -0.105. The van der Waals surface area contributed by atoms with Crippen molar-refractivity contribution in [2.45, 2.75) is 6.54 Å². The van der Waals surface area contributed by atoms with Gasteiger partial charge in [0.15, 0.2) is 5.13 Å². The van der Waals surface area contributed by atoms with Crippen LogP contribution in [0.1, 0.15) is 15.2 Å². The fourth-order valence-corrected chi connectivity index (χ4v) is 1.98. The maximum Gasteiger partial charge on any atom is 0.251 e. The maximum atomic E-state index is 11.7. The van der Waals surface area contributed by atoms with Crippen LogP contribution in [0.15, 0.2) is 30.7 Å².